The van der Waals surface area contributed by atoms with Crippen molar-refractivity contribution < 1.29 is 8.42 Å². The Balaban J connectivity index is 1.66. The third kappa shape index (κ3) is 4.42. The molecule has 1 aliphatic heterocycles. The van der Waals surface area contributed by atoms with Gasteiger partial charge in [0.2, 0.25) is 0 Å². The molecule has 3 rings (SSSR count). The molecule has 24 heavy (non-hydrogen) atoms. The highest BCUT2D eigenvalue weighted by atomic mass is 32.2. The lowest BCUT2D eigenvalue weighted by Gasteiger charge is -2.16. The summed E-state index contributed by atoms with van der Waals surface area (Å²) < 4.78 is 22.8. The van der Waals surface area contributed by atoms with Crippen LogP contribution in [0.2, 0.25) is 0 Å². The highest BCUT2D eigenvalue weighted by Crippen LogP contribution is 2.32. The number of likely N-dealkylation sites (tertiary alicyclic amines) is 1. The number of hydrogen-bond donors (Lipinski definition) is 1. The molecule has 1 fully saturated rings. The van der Waals surface area contributed by atoms with Crippen molar-refractivity contribution in [3.05, 3.63) is 52.0 Å². The first-order valence-corrected chi connectivity index (χ1v) is 11.0. The third-order valence-electron chi connectivity index (χ3n) is 4.42. The first-order chi connectivity index (χ1) is 11.4. The average Bonchev–Trinajstić information content (AvgIpc) is 3.13. The van der Waals surface area contributed by atoms with Gasteiger partial charge in [0.05, 0.1) is 5.69 Å². The van der Waals surface area contributed by atoms with Gasteiger partial charge in [-0.3, -0.25) is 4.90 Å². The molecule has 1 aliphatic rings. The lowest BCUT2D eigenvalue weighted by atomic mass is 9.89. The van der Waals surface area contributed by atoms with E-state index in [4.69, 9.17) is 5.73 Å². The van der Waals surface area contributed by atoms with Gasteiger partial charge in [0, 0.05) is 37.2 Å². The van der Waals surface area contributed by atoms with Crippen molar-refractivity contribution in [3.8, 4) is 0 Å². The minimum absolute atomic E-state index is 0.0235. The second kappa shape index (κ2) is 7.31. The molecule has 1 aromatic carbocycles. The highest BCUT2D eigenvalue weighted by Gasteiger charge is 2.32. The molecule has 0 amide bonds. The van der Waals surface area contributed by atoms with Gasteiger partial charge in [0.1, 0.15) is 10.8 Å². The number of aromatic nitrogens is 1. The first kappa shape index (κ1) is 17.5. The summed E-state index contributed by atoms with van der Waals surface area (Å²) in [6.45, 7) is 3.34. The van der Waals surface area contributed by atoms with Crippen LogP contribution in [0.3, 0.4) is 0 Å². The fourth-order valence-corrected chi connectivity index (χ4v) is 5.34. The summed E-state index contributed by atoms with van der Waals surface area (Å²) in [5.41, 5.74) is 8.27. The molecule has 2 atom stereocenters. The number of rotatable bonds is 6. The predicted octanol–water partition coefficient (Wildman–Crippen LogP) is 1.86. The standard InChI is InChI=1S/C17H23N3O2S2/c1-24(21,22)12-17-19-15(11-23-17)9-20-8-14(7-18)16(10-20)13-5-3-2-4-6-13/h2-6,11,14,16H,7-10,12,18H2,1H3/t14-,16+/m1/s1. The minimum Gasteiger partial charge on any atom is -0.330 e. The van der Waals surface area contributed by atoms with Crippen LogP contribution in [0, 0.1) is 5.92 Å². The van der Waals surface area contributed by atoms with E-state index in [-0.39, 0.29) is 5.75 Å². The van der Waals surface area contributed by atoms with Crippen LogP contribution in [0.4, 0.5) is 0 Å². The number of nitrogens with zero attached hydrogens (tertiary/aromatic N) is 2. The van der Waals surface area contributed by atoms with E-state index in [9.17, 15) is 8.42 Å². The van der Waals surface area contributed by atoms with E-state index in [1.807, 2.05) is 11.4 Å². The number of hydrogen-bond acceptors (Lipinski definition) is 6. The molecule has 2 N–H and O–H groups in total. The molecule has 130 valence electrons. The van der Waals surface area contributed by atoms with Crippen molar-refractivity contribution in [1.29, 1.82) is 0 Å². The zero-order chi connectivity index (χ0) is 17.2. The second-order valence-corrected chi connectivity index (χ2v) is 9.59. The number of thiazole rings is 1. The molecular formula is C17H23N3O2S2. The Morgan fingerprint density at radius 1 is 1.29 bits per heavy atom. The van der Waals surface area contributed by atoms with Gasteiger partial charge in [0.25, 0.3) is 0 Å². The third-order valence-corrected chi connectivity index (χ3v) is 6.30. The Morgan fingerprint density at radius 3 is 2.71 bits per heavy atom. The maximum atomic E-state index is 11.4. The van der Waals surface area contributed by atoms with Gasteiger partial charge in [0.15, 0.2) is 9.84 Å². The Labute approximate surface area is 147 Å². The molecule has 5 nitrogen and oxygen atoms in total. The molecule has 2 heterocycles. The van der Waals surface area contributed by atoms with Gasteiger partial charge in [-0.2, -0.15) is 0 Å². The molecule has 1 saturated heterocycles. The zero-order valence-corrected chi connectivity index (χ0v) is 15.4. The van der Waals surface area contributed by atoms with Gasteiger partial charge >= 0.3 is 0 Å². The van der Waals surface area contributed by atoms with E-state index in [0.29, 0.717) is 23.4 Å². The van der Waals surface area contributed by atoms with Crippen LogP contribution >= 0.6 is 11.3 Å². The summed E-state index contributed by atoms with van der Waals surface area (Å²) in [6, 6.07) is 10.5. The van der Waals surface area contributed by atoms with Gasteiger partial charge in [-0.1, -0.05) is 30.3 Å². The summed E-state index contributed by atoms with van der Waals surface area (Å²) in [7, 11) is -3.03. The van der Waals surface area contributed by atoms with E-state index in [2.05, 4.69) is 34.1 Å². The van der Waals surface area contributed by atoms with E-state index in [1.54, 1.807) is 0 Å². The Kier molecular flexibility index (Phi) is 5.34. The van der Waals surface area contributed by atoms with E-state index in [0.717, 1.165) is 25.3 Å². The molecule has 0 saturated carbocycles. The largest absolute Gasteiger partial charge is 0.330 e. The Morgan fingerprint density at radius 2 is 2.04 bits per heavy atom. The molecular weight excluding hydrogens is 342 g/mol. The maximum Gasteiger partial charge on any atom is 0.153 e. The molecule has 7 heteroatoms. The summed E-state index contributed by atoms with van der Waals surface area (Å²) >= 11 is 1.42. The van der Waals surface area contributed by atoms with Crippen LogP contribution < -0.4 is 5.73 Å². The highest BCUT2D eigenvalue weighted by molar-refractivity contribution is 7.90. The number of benzene rings is 1. The Bertz CT molecular complexity index is 774. The zero-order valence-electron chi connectivity index (χ0n) is 13.8. The summed E-state index contributed by atoms with van der Waals surface area (Å²) in [5, 5.41) is 2.63. The van der Waals surface area contributed by atoms with Crippen molar-refractivity contribution in [2.45, 2.75) is 18.2 Å². The fraction of sp³-hybridized carbons (Fsp3) is 0.471. The lowest BCUT2D eigenvalue weighted by Crippen LogP contribution is -2.23. The summed E-state index contributed by atoms with van der Waals surface area (Å²) in [4.78, 5) is 6.84. The van der Waals surface area contributed by atoms with Gasteiger partial charge < -0.3 is 5.73 Å². The van der Waals surface area contributed by atoms with Crippen LogP contribution in [0.1, 0.15) is 22.2 Å². The van der Waals surface area contributed by atoms with Crippen LogP contribution in [0.15, 0.2) is 35.7 Å². The maximum absolute atomic E-state index is 11.4. The van der Waals surface area contributed by atoms with Gasteiger partial charge in [-0.15, -0.1) is 11.3 Å². The quantitative estimate of drug-likeness (QED) is 0.846. The SMILES string of the molecule is CS(=O)(=O)Cc1nc(CN2C[C@@H](CN)[C@H](c3ccccc3)C2)cs1. The van der Waals surface area contributed by atoms with Crippen molar-refractivity contribution in [2.24, 2.45) is 11.7 Å². The predicted molar refractivity (Wildman–Crippen MR) is 97.7 cm³/mol. The monoisotopic (exact) mass is 365 g/mol. The van der Waals surface area contributed by atoms with Crippen LogP contribution in [-0.4, -0.2) is 44.2 Å². The molecule has 0 bridgehead atoms. The van der Waals surface area contributed by atoms with Crippen LogP contribution in [0.25, 0.3) is 0 Å². The molecule has 0 radical (unpaired) electrons. The summed E-state index contributed by atoms with van der Waals surface area (Å²) in [5.74, 6) is 0.919. The fourth-order valence-electron chi connectivity index (χ4n) is 3.35. The topological polar surface area (TPSA) is 76.3 Å². The smallest absolute Gasteiger partial charge is 0.153 e. The van der Waals surface area contributed by atoms with E-state index < -0.39 is 9.84 Å². The molecule has 0 spiro atoms. The molecule has 2 aromatic rings. The van der Waals surface area contributed by atoms with Gasteiger partial charge in [-0.25, -0.2) is 13.4 Å². The van der Waals surface area contributed by atoms with Crippen LogP contribution in [-0.2, 0) is 22.1 Å². The van der Waals surface area contributed by atoms with Crippen molar-refractivity contribution in [3.63, 3.8) is 0 Å². The second-order valence-electron chi connectivity index (χ2n) is 6.51. The molecule has 0 unspecified atom stereocenters. The average molecular weight is 366 g/mol. The minimum atomic E-state index is -3.03. The van der Waals surface area contributed by atoms with Crippen molar-refractivity contribution in [2.75, 3.05) is 25.9 Å². The van der Waals surface area contributed by atoms with Crippen LogP contribution in [0.5, 0.6) is 0 Å². The van der Waals surface area contributed by atoms with Crippen molar-refractivity contribution in [1.82, 2.24) is 9.88 Å². The van der Waals surface area contributed by atoms with Gasteiger partial charge in [-0.05, 0) is 18.0 Å². The first-order valence-electron chi connectivity index (χ1n) is 8.03. The lowest BCUT2D eigenvalue weighted by molar-refractivity contribution is 0.313. The van der Waals surface area contributed by atoms with E-state index in [1.165, 1.54) is 23.2 Å². The van der Waals surface area contributed by atoms with Crippen molar-refractivity contribution >= 4 is 21.2 Å². The molecule has 1 aromatic heterocycles. The molecule has 0 aliphatic carbocycles. The number of nitrogens with two attached hydrogens (primary N) is 1. The van der Waals surface area contributed by atoms with E-state index >= 15 is 0 Å². The summed E-state index contributed by atoms with van der Waals surface area (Å²) in [6.07, 6.45) is 1.24. The normalized spacial score (nSPS) is 22.1. The number of sulfone groups is 1. The Hall–Kier alpha value is -1.28.